The van der Waals surface area contributed by atoms with Gasteiger partial charge in [-0.05, 0) is 0 Å². The lowest BCUT2D eigenvalue weighted by Gasteiger charge is -2.13. The van der Waals surface area contributed by atoms with Gasteiger partial charge in [-0.1, -0.05) is 60.7 Å². The van der Waals surface area contributed by atoms with Crippen LogP contribution in [0.1, 0.15) is 11.1 Å². The number of rotatable bonds is 2. The van der Waals surface area contributed by atoms with E-state index in [0.717, 1.165) is 11.1 Å². The van der Waals surface area contributed by atoms with Crippen LogP contribution in [-0.4, -0.2) is 23.1 Å². The predicted octanol–water partition coefficient (Wildman–Crippen LogP) is 3.54. The number of halogens is 1. The molecule has 4 heteroatoms. The molecule has 0 fully saturated rings. The van der Waals surface area contributed by atoms with E-state index in [-0.39, 0.29) is 5.84 Å². The number of benzene rings is 2. The molecule has 2 aromatic rings. The quantitative estimate of drug-likeness (QED) is 0.506. The van der Waals surface area contributed by atoms with Crippen LogP contribution in [0.3, 0.4) is 0 Å². The van der Waals surface area contributed by atoms with E-state index in [2.05, 4.69) is 4.99 Å². The van der Waals surface area contributed by atoms with E-state index in [0.29, 0.717) is 5.84 Å². The summed E-state index contributed by atoms with van der Waals surface area (Å²) in [4.78, 5) is 4.31. The number of hydrogen-bond acceptors (Lipinski definition) is 1. The summed E-state index contributed by atoms with van der Waals surface area (Å²) in [5.74, 6) is 0.739. The second kappa shape index (κ2) is 6.16. The monoisotopic (exact) mass is 271 g/mol. The molecule has 0 bridgehead atoms. The molecular formula is C15H14ClN3. The number of amidine groups is 2. The van der Waals surface area contributed by atoms with E-state index in [4.69, 9.17) is 17.2 Å². The first-order chi connectivity index (χ1) is 9.18. The molecule has 0 heterocycles. The van der Waals surface area contributed by atoms with Gasteiger partial charge in [0.15, 0.2) is 11.7 Å². The number of aliphatic imine (C=N–C) groups is 1. The Bertz CT molecular complexity index is 577. The molecule has 3 nitrogen and oxygen atoms in total. The lowest BCUT2D eigenvalue weighted by molar-refractivity contribution is 0.822. The van der Waals surface area contributed by atoms with E-state index < -0.39 is 0 Å². The molecule has 0 aliphatic rings. The third kappa shape index (κ3) is 3.42. The third-order valence-corrected chi connectivity index (χ3v) is 2.75. The van der Waals surface area contributed by atoms with Crippen molar-refractivity contribution in [3.8, 4) is 0 Å². The molecule has 0 aromatic heterocycles. The van der Waals surface area contributed by atoms with Gasteiger partial charge < -0.3 is 0 Å². The van der Waals surface area contributed by atoms with Gasteiger partial charge in [0.25, 0.3) is 0 Å². The minimum absolute atomic E-state index is 0.187. The Morgan fingerprint density at radius 1 is 0.947 bits per heavy atom. The van der Waals surface area contributed by atoms with E-state index in [1.807, 2.05) is 60.7 Å². The molecular weight excluding hydrogens is 258 g/mol. The zero-order valence-electron chi connectivity index (χ0n) is 10.5. The van der Waals surface area contributed by atoms with E-state index >= 15 is 0 Å². The SMILES string of the molecule is CN(Cl)C(=NC(=N)c1ccccc1)c1ccccc1. The summed E-state index contributed by atoms with van der Waals surface area (Å²) >= 11 is 6.02. The van der Waals surface area contributed by atoms with Gasteiger partial charge in [-0.15, -0.1) is 0 Å². The van der Waals surface area contributed by atoms with Crippen molar-refractivity contribution in [2.45, 2.75) is 0 Å². The highest BCUT2D eigenvalue weighted by Crippen LogP contribution is 2.09. The smallest absolute Gasteiger partial charge is 0.154 e. The molecule has 2 aromatic carbocycles. The maximum Gasteiger partial charge on any atom is 0.154 e. The van der Waals surface area contributed by atoms with Crippen LogP contribution >= 0.6 is 11.8 Å². The van der Waals surface area contributed by atoms with Crippen molar-refractivity contribution < 1.29 is 0 Å². The Kier molecular flexibility index (Phi) is 4.31. The Balaban J connectivity index is 2.35. The van der Waals surface area contributed by atoms with Crippen LogP contribution in [0, 0.1) is 5.41 Å². The average Bonchev–Trinajstić information content (AvgIpc) is 2.46. The first kappa shape index (κ1) is 13.3. The van der Waals surface area contributed by atoms with Crippen LogP contribution < -0.4 is 0 Å². The Morgan fingerprint density at radius 2 is 1.42 bits per heavy atom. The highest BCUT2D eigenvalue weighted by atomic mass is 35.5. The molecule has 0 saturated heterocycles. The lowest BCUT2D eigenvalue weighted by Crippen LogP contribution is -2.19. The van der Waals surface area contributed by atoms with Gasteiger partial charge in [0.1, 0.15) is 0 Å². The van der Waals surface area contributed by atoms with Crippen molar-refractivity contribution in [2.75, 3.05) is 7.05 Å². The molecule has 0 aliphatic carbocycles. The molecule has 2 rings (SSSR count). The number of hydrogen-bond donors (Lipinski definition) is 1. The highest BCUT2D eigenvalue weighted by Gasteiger charge is 2.09. The molecule has 1 N–H and O–H groups in total. The van der Waals surface area contributed by atoms with E-state index in [1.54, 1.807) is 7.05 Å². The fraction of sp³-hybridized carbons (Fsp3) is 0.0667. The van der Waals surface area contributed by atoms with Gasteiger partial charge in [0, 0.05) is 30.0 Å². The van der Waals surface area contributed by atoms with Crippen LogP contribution in [-0.2, 0) is 0 Å². The van der Waals surface area contributed by atoms with Crippen LogP contribution in [0.5, 0.6) is 0 Å². The van der Waals surface area contributed by atoms with Crippen molar-refractivity contribution in [1.82, 2.24) is 4.42 Å². The zero-order chi connectivity index (χ0) is 13.7. The maximum atomic E-state index is 8.03. The van der Waals surface area contributed by atoms with Crippen LogP contribution in [0.2, 0.25) is 0 Å². The van der Waals surface area contributed by atoms with Gasteiger partial charge in [0.05, 0.1) is 0 Å². The van der Waals surface area contributed by atoms with Crippen molar-refractivity contribution in [3.63, 3.8) is 0 Å². The summed E-state index contributed by atoms with van der Waals surface area (Å²) < 4.78 is 1.40. The molecule has 96 valence electrons. The van der Waals surface area contributed by atoms with E-state index in [1.165, 1.54) is 4.42 Å². The summed E-state index contributed by atoms with van der Waals surface area (Å²) in [6.45, 7) is 0. The Hall–Kier alpha value is -2.13. The standard InChI is InChI=1S/C15H14ClN3/c1-19(16)15(13-10-6-3-7-11-13)18-14(17)12-8-4-2-5-9-12/h2-11,17H,1H3. The molecule has 0 amide bonds. The number of nitrogens with zero attached hydrogens (tertiary/aromatic N) is 2. The summed E-state index contributed by atoms with van der Waals surface area (Å²) in [6, 6.07) is 19.0. The van der Waals surface area contributed by atoms with Gasteiger partial charge in [0.2, 0.25) is 0 Å². The first-order valence-corrected chi connectivity index (χ1v) is 6.20. The first-order valence-electron chi connectivity index (χ1n) is 5.86. The average molecular weight is 272 g/mol. The van der Waals surface area contributed by atoms with Gasteiger partial charge in [-0.3, -0.25) is 9.83 Å². The fourth-order valence-electron chi connectivity index (χ4n) is 1.67. The molecule has 0 unspecified atom stereocenters. The van der Waals surface area contributed by atoms with Crippen LogP contribution in [0.4, 0.5) is 0 Å². The van der Waals surface area contributed by atoms with Gasteiger partial charge in [-0.2, -0.15) is 0 Å². The molecule has 0 radical (unpaired) electrons. The normalized spacial score (nSPS) is 11.2. The molecule has 0 atom stereocenters. The summed E-state index contributed by atoms with van der Waals surface area (Å²) in [5, 5.41) is 8.03. The summed E-state index contributed by atoms with van der Waals surface area (Å²) in [7, 11) is 1.70. The lowest BCUT2D eigenvalue weighted by atomic mass is 10.2. The topological polar surface area (TPSA) is 39.5 Å². The van der Waals surface area contributed by atoms with E-state index in [9.17, 15) is 0 Å². The third-order valence-electron chi connectivity index (χ3n) is 2.59. The maximum absolute atomic E-state index is 8.03. The fourth-order valence-corrected chi connectivity index (χ4v) is 1.80. The summed E-state index contributed by atoms with van der Waals surface area (Å²) in [5.41, 5.74) is 1.63. The summed E-state index contributed by atoms with van der Waals surface area (Å²) in [6.07, 6.45) is 0. The minimum Gasteiger partial charge on any atom is -0.282 e. The van der Waals surface area contributed by atoms with Gasteiger partial charge >= 0.3 is 0 Å². The van der Waals surface area contributed by atoms with Gasteiger partial charge in [-0.25, -0.2) is 4.99 Å². The second-order valence-electron chi connectivity index (χ2n) is 3.99. The van der Waals surface area contributed by atoms with Crippen LogP contribution in [0.15, 0.2) is 65.7 Å². The Morgan fingerprint density at radius 3 is 1.89 bits per heavy atom. The number of nitrogens with one attached hydrogen (secondary N) is 1. The minimum atomic E-state index is 0.187. The zero-order valence-corrected chi connectivity index (χ0v) is 11.3. The molecule has 19 heavy (non-hydrogen) atoms. The Labute approximate surface area is 117 Å². The molecule has 0 aliphatic heterocycles. The van der Waals surface area contributed by atoms with Crippen molar-refractivity contribution in [1.29, 1.82) is 5.41 Å². The highest BCUT2D eigenvalue weighted by molar-refractivity contribution is 6.26. The molecule has 0 spiro atoms. The van der Waals surface area contributed by atoms with Crippen molar-refractivity contribution in [2.24, 2.45) is 4.99 Å². The molecule has 0 saturated carbocycles. The largest absolute Gasteiger partial charge is 0.282 e. The van der Waals surface area contributed by atoms with Crippen molar-refractivity contribution in [3.05, 3.63) is 71.8 Å². The van der Waals surface area contributed by atoms with Crippen LogP contribution in [0.25, 0.3) is 0 Å². The predicted molar refractivity (Wildman–Crippen MR) is 79.9 cm³/mol. The van der Waals surface area contributed by atoms with Crippen molar-refractivity contribution >= 4 is 23.4 Å². The second-order valence-corrected chi connectivity index (χ2v) is 4.50.